The Morgan fingerprint density at radius 2 is 1.95 bits per heavy atom. The van der Waals surface area contributed by atoms with Gasteiger partial charge in [0.15, 0.2) is 0 Å². The highest BCUT2D eigenvalue weighted by Gasteiger charge is 2.38. The molecule has 0 radical (unpaired) electrons. The molecule has 5 nitrogen and oxygen atoms in total. The van der Waals surface area contributed by atoms with Crippen LogP contribution in [0, 0.1) is 30.1 Å². The lowest BCUT2D eigenvalue weighted by Crippen LogP contribution is -2.43. The number of pyridine rings is 1. The van der Waals surface area contributed by atoms with Crippen LogP contribution in [0.1, 0.15) is 84.6 Å². The molecule has 1 aromatic heterocycles. The van der Waals surface area contributed by atoms with E-state index in [0.717, 1.165) is 42.0 Å². The van der Waals surface area contributed by atoms with Crippen molar-refractivity contribution in [1.29, 1.82) is 5.26 Å². The van der Waals surface area contributed by atoms with Crippen LogP contribution in [0.2, 0.25) is 0 Å². The van der Waals surface area contributed by atoms with Crippen molar-refractivity contribution in [1.82, 2.24) is 10.3 Å². The maximum atomic E-state index is 12.9. The predicted molar refractivity (Wildman–Crippen MR) is 136 cm³/mol. The van der Waals surface area contributed by atoms with Crippen molar-refractivity contribution < 1.29 is 22.7 Å². The van der Waals surface area contributed by atoms with Gasteiger partial charge in [0.05, 0.1) is 23.9 Å². The molecular formula is C29H32F3N3O2. The number of carbonyl (C=O) groups is 1. The summed E-state index contributed by atoms with van der Waals surface area (Å²) in [4.78, 5) is 16.8. The molecule has 0 bridgehead atoms. The Balaban J connectivity index is 1.78. The van der Waals surface area contributed by atoms with E-state index in [1.807, 2.05) is 18.3 Å². The molecule has 1 heterocycles. The smallest absolute Gasteiger partial charge is 0.408 e. The second-order valence-corrected chi connectivity index (χ2v) is 10.2. The molecule has 2 aromatic rings. The van der Waals surface area contributed by atoms with E-state index in [9.17, 15) is 23.2 Å². The van der Waals surface area contributed by atoms with Crippen molar-refractivity contribution in [2.45, 2.75) is 71.0 Å². The first-order valence-corrected chi connectivity index (χ1v) is 12.7. The van der Waals surface area contributed by atoms with Crippen LogP contribution in [-0.4, -0.2) is 30.2 Å². The average Bonchev–Trinajstić information content (AvgIpc) is 3.37. The summed E-state index contributed by atoms with van der Waals surface area (Å²) in [5.41, 5.74) is 4.88. The first-order chi connectivity index (χ1) is 17.5. The Hall–Kier alpha value is -3.34. The second-order valence-electron chi connectivity index (χ2n) is 10.2. The Bertz CT molecular complexity index is 1240. The topological polar surface area (TPSA) is 75.0 Å². The van der Waals surface area contributed by atoms with E-state index in [2.05, 4.69) is 24.0 Å². The molecule has 0 aliphatic heterocycles. The third kappa shape index (κ3) is 5.36. The number of halogens is 3. The van der Waals surface area contributed by atoms with Crippen LogP contribution in [0.3, 0.4) is 0 Å². The van der Waals surface area contributed by atoms with Crippen LogP contribution >= 0.6 is 0 Å². The van der Waals surface area contributed by atoms with Gasteiger partial charge in [0.2, 0.25) is 0 Å². The molecule has 4 rings (SSSR count). The van der Waals surface area contributed by atoms with Gasteiger partial charge < -0.3 is 10.1 Å². The summed E-state index contributed by atoms with van der Waals surface area (Å²) in [6.07, 6.45) is 2.11. The fourth-order valence-corrected chi connectivity index (χ4v) is 5.82. The normalized spacial score (nSPS) is 21.1. The van der Waals surface area contributed by atoms with Gasteiger partial charge in [0, 0.05) is 6.20 Å². The standard InChI is InChI=1S/C29H32F3N3O2/c1-16-11-22-17(2)21(19-7-5-6-8-19)12-24(25(14-33)23(22)13-27(16)37-4)26-10-9-20(15-34-26)28(36)35-18(3)29(30,31)32/h9-11,13,15,17-19,21H,5-8,12H2,1-4H3,(H,35,36). The maximum Gasteiger partial charge on any atom is 0.408 e. The van der Waals surface area contributed by atoms with Crippen molar-refractivity contribution in [2.24, 2.45) is 11.8 Å². The molecular weight excluding hydrogens is 479 g/mol. The number of nitrogens with zero attached hydrogens (tertiary/aromatic N) is 2. The fourth-order valence-electron chi connectivity index (χ4n) is 5.82. The number of alkyl halides is 3. The number of hydrogen-bond donors (Lipinski definition) is 1. The number of aryl methyl sites for hydroxylation is 1. The van der Waals surface area contributed by atoms with Crippen molar-refractivity contribution in [3.8, 4) is 11.8 Å². The largest absolute Gasteiger partial charge is 0.496 e. The van der Waals surface area contributed by atoms with Crippen LogP contribution in [0.15, 0.2) is 30.5 Å². The number of fused-ring (bicyclic) bond motifs is 1. The summed E-state index contributed by atoms with van der Waals surface area (Å²) in [5.74, 6) is 0.926. The van der Waals surface area contributed by atoms with Gasteiger partial charge in [-0.15, -0.1) is 0 Å². The van der Waals surface area contributed by atoms with Crippen LogP contribution in [0.4, 0.5) is 13.2 Å². The molecule has 37 heavy (non-hydrogen) atoms. The monoisotopic (exact) mass is 511 g/mol. The van der Waals surface area contributed by atoms with Gasteiger partial charge in [-0.3, -0.25) is 9.78 Å². The number of benzene rings is 1. The SMILES string of the molecule is COc1cc2c(cc1C)C(C)C(C1CCCC1)CC(c1ccc(C(=O)NC(C)C(F)(F)F)cn1)=C2C#N. The van der Waals surface area contributed by atoms with E-state index >= 15 is 0 Å². The number of nitrogens with one attached hydrogen (secondary N) is 1. The van der Waals surface area contributed by atoms with E-state index in [1.54, 1.807) is 13.2 Å². The number of ether oxygens (including phenoxy) is 1. The zero-order chi connectivity index (χ0) is 26.9. The summed E-state index contributed by atoms with van der Waals surface area (Å²) < 4.78 is 44.2. The van der Waals surface area contributed by atoms with Gasteiger partial charge in [-0.05, 0) is 78.5 Å². The summed E-state index contributed by atoms with van der Waals surface area (Å²) in [6, 6.07) is 7.60. The van der Waals surface area contributed by atoms with E-state index in [4.69, 9.17) is 4.74 Å². The van der Waals surface area contributed by atoms with Crippen molar-refractivity contribution >= 4 is 17.1 Å². The summed E-state index contributed by atoms with van der Waals surface area (Å²) in [7, 11) is 1.61. The van der Waals surface area contributed by atoms with Crippen molar-refractivity contribution in [3.05, 3.63) is 58.4 Å². The zero-order valence-corrected chi connectivity index (χ0v) is 21.6. The molecule has 1 amide bonds. The molecule has 8 heteroatoms. The number of nitriles is 1. The van der Waals surface area contributed by atoms with Gasteiger partial charge in [0.25, 0.3) is 5.91 Å². The van der Waals surface area contributed by atoms with Gasteiger partial charge in [-0.2, -0.15) is 18.4 Å². The number of amides is 1. The predicted octanol–water partition coefficient (Wildman–Crippen LogP) is 6.83. The lowest BCUT2D eigenvalue weighted by molar-refractivity contribution is -0.149. The number of methoxy groups -OCH3 is 1. The van der Waals surface area contributed by atoms with Crippen LogP contribution < -0.4 is 10.1 Å². The van der Waals surface area contributed by atoms with Gasteiger partial charge in [0.1, 0.15) is 17.9 Å². The molecule has 196 valence electrons. The summed E-state index contributed by atoms with van der Waals surface area (Å²) in [6.45, 7) is 5.13. The molecule has 3 atom stereocenters. The third-order valence-electron chi connectivity index (χ3n) is 8.00. The van der Waals surface area contributed by atoms with Gasteiger partial charge in [-0.1, -0.05) is 38.7 Å². The van der Waals surface area contributed by atoms with E-state index in [-0.39, 0.29) is 11.5 Å². The second kappa shape index (κ2) is 10.6. The number of carbonyl (C=O) groups excluding carboxylic acids is 1. The number of allylic oxidation sites excluding steroid dienone is 2. The summed E-state index contributed by atoms with van der Waals surface area (Å²) in [5, 5.41) is 12.3. The van der Waals surface area contributed by atoms with Gasteiger partial charge in [-0.25, -0.2) is 0 Å². The van der Waals surface area contributed by atoms with Gasteiger partial charge >= 0.3 is 6.18 Å². The average molecular weight is 512 g/mol. The minimum Gasteiger partial charge on any atom is -0.496 e. The minimum atomic E-state index is -4.53. The minimum absolute atomic E-state index is 0.0333. The molecule has 2 aliphatic rings. The highest BCUT2D eigenvalue weighted by atomic mass is 19.4. The Labute approximate surface area is 215 Å². The molecule has 1 fully saturated rings. The van der Waals surface area contributed by atoms with E-state index in [0.29, 0.717) is 35.3 Å². The molecule has 2 aliphatic carbocycles. The van der Waals surface area contributed by atoms with Crippen LogP contribution in [0.5, 0.6) is 5.75 Å². The quantitative estimate of drug-likeness (QED) is 0.478. The number of rotatable bonds is 5. The van der Waals surface area contributed by atoms with Crippen LogP contribution in [0.25, 0.3) is 11.1 Å². The number of aromatic nitrogens is 1. The van der Waals surface area contributed by atoms with E-state index < -0.39 is 18.1 Å². The molecule has 3 unspecified atom stereocenters. The highest BCUT2D eigenvalue weighted by molar-refractivity contribution is 5.99. The molecule has 1 saturated carbocycles. The third-order valence-corrected chi connectivity index (χ3v) is 8.00. The lowest BCUT2D eigenvalue weighted by atomic mass is 9.75. The summed E-state index contributed by atoms with van der Waals surface area (Å²) >= 11 is 0. The number of hydrogen-bond acceptors (Lipinski definition) is 4. The lowest BCUT2D eigenvalue weighted by Gasteiger charge is -2.30. The zero-order valence-electron chi connectivity index (χ0n) is 21.6. The highest BCUT2D eigenvalue weighted by Crippen LogP contribution is 2.50. The molecule has 1 N–H and O–H groups in total. The first-order valence-electron chi connectivity index (χ1n) is 12.7. The fraction of sp³-hybridized carbons (Fsp3) is 0.483. The van der Waals surface area contributed by atoms with Crippen molar-refractivity contribution in [3.63, 3.8) is 0 Å². The Morgan fingerprint density at radius 3 is 2.51 bits per heavy atom. The van der Waals surface area contributed by atoms with E-state index in [1.165, 1.54) is 25.1 Å². The molecule has 1 aromatic carbocycles. The first kappa shape index (κ1) is 26.7. The molecule has 0 spiro atoms. The van der Waals surface area contributed by atoms with Crippen LogP contribution in [-0.2, 0) is 0 Å². The molecule has 0 saturated heterocycles. The maximum absolute atomic E-state index is 12.9. The van der Waals surface area contributed by atoms with Crippen molar-refractivity contribution in [2.75, 3.05) is 7.11 Å². The Kier molecular flexibility index (Phi) is 7.63. The Morgan fingerprint density at radius 1 is 1.24 bits per heavy atom.